The molecular weight excluding hydrogens is 210 g/mol. The lowest BCUT2D eigenvalue weighted by Crippen LogP contribution is -2.27. The predicted molar refractivity (Wildman–Crippen MR) is 71.9 cm³/mol. The van der Waals surface area contributed by atoms with Crippen molar-refractivity contribution < 1.29 is 5.11 Å². The van der Waals surface area contributed by atoms with Crippen molar-refractivity contribution >= 4 is 5.69 Å². The Morgan fingerprint density at radius 3 is 2.76 bits per heavy atom. The fourth-order valence-corrected chi connectivity index (χ4v) is 2.46. The van der Waals surface area contributed by atoms with Crippen LogP contribution in [0, 0.1) is 5.92 Å². The molecule has 1 aromatic carbocycles. The summed E-state index contributed by atoms with van der Waals surface area (Å²) in [6, 6.07) is 6.26. The molecule has 1 unspecified atom stereocenters. The summed E-state index contributed by atoms with van der Waals surface area (Å²) in [6.07, 6.45) is 6.35. The Bertz CT molecular complexity index is 371. The summed E-state index contributed by atoms with van der Waals surface area (Å²) in [6.45, 7) is 2.15. The fraction of sp³-hybridized carbons (Fsp3) is 0.600. The van der Waals surface area contributed by atoms with Crippen LogP contribution in [0.3, 0.4) is 0 Å². The first kappa shape index (κ1) is 12.4. The quantitative estimate of drug-likeness (QED) is 0.768. The number of aliphatic hydroxyl groups is 1. The summed E-state index contributed by atoms with van der Waals surface area (Å²) in [5.41, 5.74) is 9.36. The maximum absolute atomic E-state index is 10.0. The van der Waals surface area contributed by atoms with Gasteiger partial charge in [-0.2, -0.15) is 0 Å². The Labute approximate surface area is 104 Å². The third-order valence-corrected chi connectivity index (χ3v) is 4.02. The highest BCUT2D eigenvalue weighted by Crippen LogP contribution is 2.31. The summed E-state index contributed by atoms with van der Waals surface area (Å²) in [4.78, 5) is 0. The lowest BCUT2D eigenvalue weighted by Gasteiger charge is -2.30. The number of benzene rings is 1. The zero-order valence-corrected chi connectivity index (χ0v) is 10.7. The predicted octanol–water partition coefficient (Wildman–Crippen LogP) is 2.92. The van der Waals surface area contributed by atoms with E-state index in [1.807, 2.05) is 6.07 Å². The van der Waals surface area contributed by atoms with Crippen LogP contribution in [0.25, 0.3) is 0 Å². The molecule has 0 bridgehead atoms. The minimum absolute atomic E-state index is 0.131. The van der Waals surface area contributed by atoms with Crippen molar-refractivity contribution in [2.24, 2.45) is 5.92 Å². The molecule has 0 amide bonds. The van der Waals surface area contributed by atoms with Gasteiger partial charge < -0.3 is 10.8 Å². The molecular formula is C15H23NO. The van der Waals surface area contributed by atoms with Gasteiger partial charge in [-0.3, -0.25) is 0 Å². The summed E-state index contributed by atoms with van der Waals surface area (Å²) in [5, 5.41) is 10.0. The van der Waals surface area contributed by atoms with Crippen molar-refractivity contribution in [1.29, 1.82) is 0 Å². The van der Waals surface area contributed by atoms with Crippen molar-refractivity contribution in [3.63, 3.8) is 0 Å². The molecule has 1 aromatic rings. The first-order valence-corrected chi connectivity index (χ1v) is 6.76. The monoisotopic (exact) mass is 233 g/mol. The van der Waals surface area contributed by atoms with Gasteiger partial charge in [0, 0.05) is 5.69 Å². The van der Waals surface area contributed by atoms with Crippen LogP contribution in [0.15, 0.2) is 18.2 Å². The van der Waals surface area contributed by atoms with Crippen molar-refractivity contribution in [2.75, 3.05) is 5.73 Å². The SMILES string of the molecule is CCc1ccc(N)c(CCC(O)C2CCC2)c1. The van der Waals surface area contributed by atoms with Crippen LogP contribution in [0.5, 0.6) is 0 Å². The molecule has 0 spiro atoms. The van der Waals surface area contributed by atoms with Gasteiger partial charge in [-0.1, -0.05) is 25.5 Å². The topological polar surface area (TPSA) is 46.2 Å². The highest BCUT2D eigenvalue weighted by molar-refractivity contribution is 5.48. The Morgan fingerprint density at radius 2 is 2.18 bits per heavy atom. The van der Waals surface area contributed by atoms with Crippen molar-refractivity contribution in [2.45, 2.75) is 51.6 Å². The van der Waals surface area contributed by atoms with E-state index in [0.717, 1.165) is 24.9 Å². The zero-order chi connectivity index (χ0) is 12.3. The van der Waals surface area contributed by atoms with E-state index in [1.165, 1.54) is 30.4 Å². The third-order valence-electron chi connectivity index (χ3n) is 4.02. The van der Waals surface area contributed by atoms with E-state index in [4.69, 9.17) is 5.73 Å². The van der Waals surface area contributed by atoms with Gasteiger partial charge in [0.2, 0.25) is 0 Å². The average molecular weight is 233 g/mol. The summed E-state index contributed by atoms with van der Waals surface area (Å²) < 4.78 is 0. The molecule has 0 aromatic heterocycles. The van der Waals surface area contributed by atoms with Gasteiger partial charge in [0.25, 0.3) is 0 Å². The van der Waals surface area contributed by atoms with E-state index in [9.17, 15) is 5.11 Å². The number of hydrogen-bond acceptors (Lipinski definition) is 2. The largest absolute Gasteiger partial charge is 0.399 e. The number of aryl methyl sites for hydroxylation is 2. The van der Waals surface area contributed by atoms with Gasteiger partial charge in [-0.05, 0) is 55.2 Å². The molecule has 17 heavy (non-hydrogen) atoms. The Morgan fingerprint density at radius 1 is 1.41 bits per heavy atom. The number of nitrogen functional groups attached to an aromatic ring is 1. The van der Waals surface area contributed by atoms with Gasteiger partial charge in [0.05, 0.1) is 6.10 Å². The first-order valence-electron chi connectivity index (χ1n) is 6.76. The maximum Gasteiger partial charge on any atom is 0.0571 e. The molecule has 0 saturated heterocycles. The second-order valence-electron chi connectivity index (χ2n) is 5.18. The van der Waals surface area contributed by atoms with E-state index < -0.39 is 0 Å². The molecule has 94 valence electrons. The zero-order valence-electron chi connectivity index (χ0n) is 10.7. The smallest absolute Gasteiger partial charge is 0.0571 e. The van der Waals surface area contributed by atoms with Crippen LogP contribution in [-0.4, -0.2) is 11.2 Å². The second-order valence-corrected chi connectivity index (χ2v) is 5.18. The van der Waals surface area contributed by atoms with E-state index >= 15 is 0 Å². The number of nitrogens with two attached hydrogens (primary N) is 1. The molecule has 1 aliphatic carbocycles. The minimum Gasteiger partial charge on any atom is -0.399 e. The van der Waals surface area contributed by atoms with E-state index in [2.05, 4.69) is 19.1 Å². The number of hydrogen-bond donors (Lipinski definition) is 2. The van der Waals surface area contributed by atoms with Crippen LogP contribution in [0.1, 0.15) is 43.7 Å². The summed E-state index contributed by atoms with van der Waals surface area (Å²) in [5.74, 6) is 0.547. The normalized spacial score (nSPS) is 17.8. The molecule has 1 aliphatic rings. The molecule has 2 heteroatoms. The minimum atomic E-state index is -0.131. The van der Waals surface area contributed by atoms with Crippen LogP contribution in [0.2, 0.25) is 0 Å². The highest BCUT2D eigenvalue weighted by atomic mass is 16.3. The van der Waals surface area contributed by atoms with Crippen LogP contribution < -0.4 is 5.73 Å². The van der Waals surface area contributed by atoms with E-state index in [1.54, 1.807) is 0 Å². The average Bonchev–Trinajstić information content (AvgIpc) is 2.25. The standard InChI is InChI=1S/C15H23NO/c1-2-11-6-8-14(16)13(10-11)7-9-15(17)12-4-3-5-12/h6,8,10,12,15,17H,2-5,7,9,16H2,1H3. The Hall–Kier alpha value is -1.02. The second kappa shape index (κ2) is 5.54. The summed E-state index contributed by atoms with van der Waals surface area (Å²) in [7, 11) is 0. The first-order chi connectivity index (χ1) is 8.20. The molecule has 0 aliphatic heterocycles. The van der Waals surface area contributed by atoms with Gasteiger partial charge in [0.1, 0.15) is 0 Å². The molecule has 2 rings (SSSR count). The third kappa shape index (κ3) is 3.01. The maximum atomic E-state index is 10.0. The van der Waals surface area contributed by atoms with Crippen molar-refractivity contribution in [3.05, 3.63) is 29.3 Å². The highest BCUT2D eigenvalue weighted by Gasteiger charge is 2.25. The van der Waals surface area contributed by atoms with E-state index in [-0.39, 0.29) is 6.10 Å². The number of anilines is 1. The van der Waals surface area contributed by atoms with Crippen molar-refractivity contribution in [1.82, 2.24) is 0 Å². The summed E-state index contributed by atoms with van der Waals surface area (Å²) >= 11 is 0. The number of aliphatic hydroxyl groups excluding tert-OH is 1. The van der Waals surface area contributed by atoms with Gasteiger partial charge >= 0.3 is 0 Å². The van der Waals surface area contributed by atoms with Crippen molar-refractivity contribution in [3.8, 4) is 0 Å². The van der Waals surface area contributed by atoms with Crippen LogP contribution in [0.4, 0.5) is 5.69 Å². The van der Waals surface area contributed by atoms with Crippen LogP contribution in [-0.2, 0) is 12.8 Å². The Balaban J connectivity index is 1.92. The molecule has 2 nitrogen and oxygen atoms in total. The fourth-order valence-electron chi connectivity index (χ4n) is 2.46. The Kier molecular flexibility index (Phi) is 4.06. The van der Waals surface area contributed by atoms with Gasteiger partial charge in [0.15, 0.2) is 0 Å². The molecule has 0 heterocycles. The molecule has 1 fully saturated rings. The molecule has 1 saturated carbocycles. The lowest BCUT2D eigenvalue weighted by atomic mass is 9.79. The van der Waals surface area contributed by atoms with Crippen LogP contribution >= 0.6 is 0 Å². The molecule has 3 N–H and O–H groups in total. The van der Waals surface area contributed by atoms with Gasteiger partial charge in [-0.15, -0.1) is 0 Å². The molecule has 0 radical (unpaired) electrons. The number of rotatable bonds is 5. The van der Waals surface area contributed by atoms with Gasteiger partial charge in [-0.25, -0.2) is 0 Å². The molecule has 1 atom stereocenters. The lowest BCUT2D eigenvalue weighted by molar-refractivity contribution is 0.0560. The van der Waals surface area contributed by atoms with E-state index in [0.29, 0.717) is 5.92 Å².